The molecule has 1 aromatic carbocycles. The molecule has 2 aromatic rings. The van der Waals surface area contributed by atoms with Crippen LogP contribution < -0.4 is 10.6 Å². The lowest BCUT2D eigenvalue weighted by Crippen LogP contribution is -2.20. The van der Waals surface area contributed by atoms with Crippen molar-refractivity contribution >= 4 is 52.2 Å². The first-order valence-corrected chi connectivity index (χ1v) is 6.54. The highest BCUT2D eigenvalue weighted by atomic mass is 35.5. The van der Waals surface area contributed by atoms with E-state index >= 15 is 0 Å². The summed E-state index contributed by atoms with van der Waals surface area (Å²) in [6.07, 6.45) is 1.66. The second kappa shape index (κ2) is 6.14. The van der Waals surface area contributed by atoms with Gasteiger partial charge in [-0.2, -0.15) is 0 Å². The van der Waals surface area contributed by atoms with Gasteiger partial charge in [0.05, 0.1) is 10.7 Å². The van der Waals surface area contributed by atoms with E-state index in [1.54, 1.807) is 30.5 Å². The third kappa shape index (κ3) is 4.02. The summed E-state index contributed by atoms with van der Waals surface area (Å²) in [6, 6.07) is 6.91. The molecule has 4 nitrogen and oxygen atoms in total. The summed E-state index contributed by atoms with van der Waals surface area (Å²) in [4.78, 5) is 8.24. The Bertz CT molecular complexity index is 618. The van der Waals surface area contributed by atoms with Crippen molar-refractivity contribution in [1.29, 1.82) is 0 Å². The molecule has 0 aliphatic carbocycles. The van der Waals surface area contributed by atoms with E-state index in [0.717, 1.165) is 5.69 Å². The van der Waals surface area contributed by atoms with Gasteiger partial charge in [0.25, 0.3) is 0 Å². The molecule has 1 aromatic heterocycles. The van der Waals surface area contributed by atoms with Crippen LogP contribution in [0.5, 0.6) is 0 Å². The Balaban J connectivity index is 2.05. The summed E-state index contributed by atoms with van der Waals surface area (Å²) in [6.45, 7) is 1.87. The Morgan fingerprint density at radius 3 is 2.68 bits per heavy atom. The van der Waals surface area contributed by atoms with Gasteiger partial charge in [0.1, 0.15) is 0 Å². The molecule has 0 aliphatic heterocycles. The van der Waals surface area contributed by atoms with Gasteiger partial charge in [-0.1, -0.05) is 23.2 Å². The van der Waals surface area contributed by atoms with Crippen molar-refractivity contribution in [3.63, 3.8) is 0 Å². The molecule has 0 saturated carbocycles. The van der Waals surface area contributed by atoms with Crippen molar-refractivity contribution in [1.82, 2.24) is 9.97 Å². The fourth-order valence-corrected chi connectivity index (χ4v) is 2.01. The molecule has 0 fully saturated rings. The summed E-state index contributed by atoms with van der Waals surface area (Å²) in [5.74, 6) is 0.433. The van der Waals surface area contributed by atoms with E-state index in [2.05, 4.69) is 20.6 Å². The lowest BCUT2D eigenvalue weighted by Gasteiger charge is -2.10. The van der Waals surface area contributed by atoms with Gasteiger partial charge in [-0.05, 0) is 43.4 Å². The Hall–Kier alpha value is -1.43. The summed E-state index contributed by atoms with van der Waals surface area (Å²) in [7, 11) is 0. The first kappa shape index (κ1) is 14.0. The number of hydrogen-bond donors (Lipinski definition) is 2. The quantitative estimate of drug-likeness (QED) is 0.824. The minimum Gasteiger partial charge on any atom is -0.331 e. The number of halogens is 2. The average molecular weight is 313 g/mol. The monoisotopic (exact) mass is 312 g/mol. The van der Waals surface area contributed by atoms with Crippen molar-refractivity contribution in [2.24, 2.45) is 0 Å². The summed E-state index contributed by atoms with van der Waals surface area (Å²) in [5, 5.41) is 7.24. The number of aromatic nitrogens is 2. The highest BCUT2D eigenvalue weighted by Gasteiger charge is 2.05. The van der Waals surface area contributed by atoms with E-state index in [1.807, 2.05) is 6.92 Å². The average Bonchev–Trinajstić information content (AvgIpc) is 2.33. The van der Waals surface area contributed by atoms with Crippen LogP contribution in [0.1, 0.15) is 5.69 Å². The van der Waals surface area contributed by atoms with Crippen molar-refractivity contribution in [2.45, 2.75) is 6.92 Å². The predicted molar refractivity (Wildman–Crippen MR) is 83.1 cm³/mol. The minimum absolute atomic E-state index is 0.356. The van der Waals surface area contributed by atoms with Gasteiger partial charge in [0.15, 0.2) is 5.11 Å². The Kier molecular flexibility index (Phi) is 4.52. The number of thiocarbonyl (C=S) groups is 1. The molecular weight excluding hydrogens is 303 g/mol. The molecule has 0 unspecified atom stereocenters. The van der Waals surface area contributed by atoms with Gasteiger partial charge in [-0.25, -0.2) is 9.97 Å². The molecule has 0 aliphatic rings. The van der Waals surface area contributed by atoms with Crippen LogP contribution in [0.4, 0.5) is 11.6 Å². The molecule has 19 heavy (non-hydrogen) atoms. The first-order valence-electron chi connectivity index (χ1n) is 5.37. The molecule has 0 atom stereocenters. The predicted octanol–water partition coefficient (Wildman–Crippen LogP) is 3.90. The highest BCUT2D eigenvalue weighted by Crippen LogP contribution is 2.25. The van der Waals surface area contributed by atoms with Crippen LogP contribution in [0.25, 0.3) is 0 Å². The van der Waals surface area contributed by atoms with Crippen molar-refractivity contribution in [3.05, 3.63) is 46.2 Å². The number of nitrogens with zero attached hydrogens (tertiary/aromatic N) is 2. The number of nitrogens with one attached hydrogen (secondary N) is 2. The molecule has 0 bridgehead atoms. The van der Waals surface area contributed by atoms with Crippen LogP contribution in [-0.2, 0) is 0 Å². The van der Waals surface area contributed by atoms with Crippen LogP contribution in [0.15, 0.2) is 30.5 Å². The Morgan fingerprint density at radius 1 is 1.21 bits per heavy atom. The minimum atomic E-state index is 0.356. The number of aryl methyl sites for hydroxylation is 1. The van der Waals surface area contributed by atoms with Crippen molar-refractivity contribution < 1.29 is 0 Å². The van der Waals surface area contributed by atoms with Gasteiger partial charge in [-0.3, -0.25) is 0 Å². The SMILES string of the molecule is Cc1ccnc(NC(=S)Nc2ccc(Cl)cc2Cl)n1. The van der Waals surface area contributed by atoms with Crippen LogP contribution in [0, 0.1) is 6.92 Å². The Labute approximate surface area is 126 Å². The van der Waals surface area contributed by atoms with E-state index in [4.69, 9.17) is 35.4 Å². The molecule has 7 heteroatoms. The molecule has 98 valence electrons. The molecule has 0 amide bonds. The third-order valence-corrected chi connectivity index (χ3v) is 2.95. The number of hydrogen-bond acceptors (Lipinski definition) is 3. The van der Waals surface area contributed by atoms with Crippen LogP contribution >= 0.6 is 35.4 Å². The normalized spacial score (nSPS) is 10.1. The smallest absolute Gasteiger partial charge is 0.229 e. The summed E-state index contributed by atoms with van der Waals surface area (Å²) >= 11 is 17.0. The summed E-state index contributed by atoms with van der Waals surface area (Å²) < 4.78 is 0. The van der Waals surface area contributed by atoms with Crippen LogP contribution in [0.3, 0.4) is 0 Å². The van der Waals surface area contributed by atoms with Gasteiger partial charge >= 0.3 is 0 Å². The molecule has 0 radical (unpaired) electrons. The van der Waals surface area contributed by atoms with Gasteiger partial charge < -0.3 is 10.6 Å². The number of benzene rings is 1. The maximum atomic E-state index is 6.04. The molecule has 0 spiro atoms. The molecular formula is C12H10Cl2N4S. The fraction of sp³-hybridized carbons (Fsp3) is 0.0833. The van der Waals surface area contributed by atoms with Gasteiger partial charge in [0, 0.05) is 16.9 Å². The zero-order valence-electron chi connectivity index (χ0n) is 9.95. The van der Waals surface area contributed by atoms with E-state index in [0.29, 0.717) is 26.8 Å². The third-order valence-electron chi connectivity index (χ3n) is 2.20. The number of rotatable bonds is 2. The zero-order valence-corrected chi connectivity index (χ0v) is 12.3. The summed E-state index contributed by atoms with van der Waals surface area (Å²) in [5.41, 5.74) is 1.51. The van der Waals surface area contributed by atoms with Crippen LogP contribution in [0.2, 0.25) is 10.0 Å². The topological polar surface area (TPSA) is 49.8 Å². The molecule has 1 heterocycles. The van der Waals surface area contributed by atoms with E-state index < -0.39 is 0 Å². The molecule has 2 rings (SSSR count). The Morgan fingerprint density at radius 2 is 2.00 bits per heavy atom. The van der Waals surface area contributed by atoms with E-state index in [-0.39, 0.29) is 0 Å². The van der Waals surface area contributed by atoms with E-state index in [9.17, 15) is 0 Å². The van der Waals surface area contributed by atoms with E-state index in [1.165, 1.54) is 0 Å². The van der Waals surface area contributed by atoms with Gasteiger partial charge in [-0.15, -0.1) is 0 Å². The lowest BCUT2D eigenvalue weighted by molar-refractivity contribution is 1.11. The molecule has 2 N–H and O–H groups in total. The standard InChI is InChI=1S/C12H10Cl2N4S/c1-7-4-5-15-11(16-7)18-12(19)17-10-3-2-8(13)6-9(10)14/h2-6H,1H3,(H2,15,16,17,18,19). The largest absolute Gasteiger partial charge is 0.331 e. The van der Waals surface area contributed by atoms with Crippen LogP contribution in [-0.4, -0.2) is 15.1 Å². The first-order chi connectivity index (χ1) is 9.04. The fourth-order valence-electron chi connectivity index (χ4n) is 1.36. The maximum Gasteiger partial charge on any atom is 0.229 e. The molecule has 0 saturated heterocycles. The second-order valence-electron chi connectivity index (χ2n) is 3.72. The van der Waals surface area contributed by atoms with Gasteiger partial charge in [0.2, 0.25) is 5.95 Å². The van der Waals surface area contributed by atoms with Crippen molar-refractivity contribution in [3.8, 4) is 0 Å². The maximum absolute atomic E-state index is 6.04. The second-order valence-corrected chi connectivity index (χ2v) is 4.98. The lowest BCUT2D eigenvalue weighted by atomic mass is 10.3. The van der Waals surface area contributed by atoms with Crippen molar-refractivity contribution in [2.75, 3.05) is 10.6 Å². The highest BCUT2D eigenvalue weighted by molar-refractivity contribution is 7.80. The number of anilines is 2. The zero-order chi connectivity index (χ0) is 13.8.